The molecule has 1 nitrogen and oxygen atoms in total. The highest BCUT2D eigenvalue weighted by Gasteiger charge is 2.31. The van der Waals surface area contributed by atoms with Crippen LogP contribution in [-0.4, -0.2) is 29.5 Å². The molecule has 17 heavy (non-hydrogen) atoms. The average molecular weight is 270 g/mol. The molecule has 5 heteroatoms. The quantitative estimate of drug-likeness (QED) is 0.516. The molecule has 0 amide bonds. The number of hydrogen-bond donors (Lipinski definition) is 0. The molecule has 0 saturated heterocycles. The summed E-state index contributed by atoms with van der Waals surface area (Å²) < 4.78 is 37.1. The zero-order valence-electron chi connectivity index (χ0n) is 10.4. The maximum atomic E-state index is 12.4. The molecule has 0 aromatic rings. The number of hydrogen-bond acceptors (Lipinski definition) is 1. The maximum Gasteiger partial charge on any atom is 0.405 e. The van der Waals surface area contributed by atoms with Crippen LogP contribution < -0.4 is 0 Å². The van der Waals surface area contributed by atoms with Crippen molar-refractivity contribution >= 4 is 11.6 Å². The van der Waals surface area contributed by atoms with Crippen molar-refractivity contribution in [3.63, 3.8) is 0 Å². The van der Waals surface area contributed by atoms with Gasteiger partial charge in [-0.2, -0.15) is 13.2 Å². The molecule has 0 rings (SSSR count). The van der Waals surface area contributed by atoms with Crippen molar-refractivity contribution in [1.29, 1.82) is 0 Å². The fourth-order valence-corrected chi connectivity index (χ4v) is 1.36. The molecule has 1 atom stereocenters. The van der Waals surface area contributed by atoms with Gasteiger partial charge in [-0.25, -0.2) is 0 Å². The lowest BCUT2D eigenvalue weighted by molar-refractivity contribution is -0.142. The van der Waals surface area contributed by atoms with Gasteiger partial charge in [-0.05, 0) is 18.9 Å². The van der Waals surface area contributed by atoms with Crippen LogP contribution in [0.3, 0.4) is 0 Å². The van der Waals surface area contributed by atoms with Crippen molar-refractivity contribution in [2.75, 3.05) is 13.1 Å². The zero-order chi connectivity index (χ0) is 13.6. The summed E-state index contributed by atoms with van der Waals surface area (Å²) in [6, 6.07) is 0. The van der Waals surface area contributed by atoms with Crippen molar-refractivity contribution in [1.82, 2.24) is 4.90 Å². The summed E-state index contributed by atoms with van der Waals surface area (Å²) in [4.78, 5) is 1.22. The molecule has 0 aliphatic carbocycles. The van der Waals surface area contributed by atoms with Crippen molar-refractivity contribution in [2.45, 2.75) is 32.3 Å². The highest BCUT2D eigenvalue weighted by atomic mass is 35.5. The van der Waals surface area contributed by atoms with E-state index in [1.54, 1.807) is 13.0 Å². The molecule has 0 bridgehead atoms. The van der Waals surface area contributed by atoms with Crippen LogP contribution in [0.5, 0.6) is 0 Å². The Morgan fingerprint density at radius 2 is 1.88 bits per heavy atom. The molecule has 0 heterocycles. The first-order valence-corrected chi connectivity index (χ1v) is 5.88. The smallest absolute Gasteiger partial charge is 0.363 e. The molecule has 0 aliphatic heterocycles. The summed E-state index contributed by atoms with van der Waals surface area (Å²) >= 11 is 5.70. The second-order valence-corrected chi connectivity index (χ2v) is 5.11. The van der Waals surface area contributed by atoms with Crippen LogP contribution in [0.25, 0.3) is 0 Å². The van der Waals surface area contributed by atoms with Gasteiger partial charge >= 0.3 is 6.18 Å². The summed E-state index contributed by atoms with van der Waals surface area (Å²) in [5, 5.41) is -0.224. The second-order valence-electron chi connectivity index (χ2n) is 4.42. The van der Waals surface area contributed by atoms with E-state index in [4.69, 9.17) is 11.6 Å². The second kappa shape index (κ2) is 6.94. The van der Waals surface area contributed by atoms with Crippen LogP contribution in [-0.2, 0) is 0 Å². The van der Waals surface area contributed by atoms with Crippen LogP contribution in [0.4, 0.5) is 13.2 Å². The summed E-state index contributed by atoms with van der Waals surface area (Å²) in [5.41, 5.74) is 0.337. The highest BCUT2D eigenvalue weighted by molar-refractivity contribution is 6.21. The standard InChI is InChI=1S/C12H19ClF3N/c1-9(2)7-17(8-12(14,15)16)11(4)6-5-10(3)13/h5-6,9-10H,4,7-8H2,1-3H3/b6-5+. The first-order chi connectivity index (χ1) is 7.61. The van der Waals surface area contributed by atoms with Gasteiger partial charge in [0.25, 0.3) is 0 Å². The maximum absolute atomic E-state index is 12.4. The topological polar surface area (TPSA) is 3.24 Å². The SMILES string of the molecule is C=C(/C=C/C(C)Cl)N(CC(C)C)CC(F)(F)F. The lowest BCUT2D eigenvalue weighted by Crippen LogP contribution is -2.35. The predicted octanol–water partition coefficient (Wildman–Crippen LogP) is 4.20. The molecule has 100 valence electrons. The molecular formula is C12H19ClF3N. The summed E-state index contributed by atoms with van der Waals surface area (Å²) in [6.45, 7) is 8.45. The average Bonchev–Trinajstić information content (AvgIpc) is 2.09. The van der Waals surface area contributed by atoms with Gasteiger partial charge in [0.05, 0.1) is 0 Å². The Labute approximate surface area is 106 Å². The van der Waals surface area contributed by atoms with Gasteiger partial charge in [-0.1, -0.05) is 26.5 Å². The third kappa shape index (κ3) is 9.10. The molecule has 1 unspecified atom stereocenters. The summed E-state index contributed by atoms with van der Waals surface area (Å²) in [6.07, 6.45) is -1.07. The minimum absolute atomic E-state index is 0.135. The first kappa shape index (κ1) is 16.4. The number of nitrogens with zero attached hydrogens (tertiary/aromatic N) is 1. The lowest BCUT2D eigenvalue weighted by atomic mass is 10.2. The number of alkyl halides is 4. The third-order valence-corrected chi connectivity index (χ3v) is 2.06. The Bertz CT molecular complexity index is 269. The number of halogens is 4. The Morgan fingerprint density at radius 3 is 2.24 bits per heavy atom. The Hall–Kier alpha value is -0.640. The van der Waals surface area contributed by atoms with E-state index in [9.17, 15) is 13.2 Å². The largest absolute Gasteiger partial charge is 0.405 e. The fraction of sp³-hybridized carbons (Fsp3) is 0.667. The predicted molar refractivity (Wildman–Crippen MR) is 66.1 cm³/mol. The zero-order valence-corrected chi connectivity index (χ0v) is 11.1. The Morgan fingerprint density at radius 1 is 1.35 bits per heavy atom. The molecule has 0 saturated carbocycles. The van der Waals surface area contributed by atoms with E-state index in [1.165, 1.54) is 11.0 Å². The van der Waals surface area contributed by atoms with E-state index in [0.29, 0.717) is 12.2 Å². The number of rotatable bonds is 6. The van der Waals surface area contributed by atoms with Crippen molar-refractivity contribution in [3.05, 3.63) is 24.4 Å². The number of allylic oxidation sites excluding steroid dienone is 2. The monoisotopic (exact) mass is 269 g/mol. The molecule has 0 aliphatic rings. The van der Waals surface area contributed by atoms with Crippen LogP contribution in [0, 0.1) is 5.92 Å². The van der Waals surface area contributed by atoms with Gasteiger partial charge in [0.2, 0.25) is 0 Å². The van der Waals surface area contributed by atoms with E-state index >= 15 is 0 Å². The van der Waals surface area contributed by atoms with Gasteiger partial charge in [-0.3, -0.25) is 0 Å². The summed E-state index contributed by atoms with van der Waals surface area (Å²) in [5.74, 6) is 0.135. The van der Waals surface area contributed by atoms with Crippen molar-refractivity contribution in [2.24, 2.45) is 5.92 Å². The molecule has 0 aromatic heterocycles. The molecule has 0 fully saturated rings. The van der Waals surface area contributed by atoms with Crippen molar-refractivity contribution in [3.8, 4) is 0 Å². The fourth-order valence-electron chi connectivity index (χ4n) is 1.29. The van der Waals surface area contributed by atoms with Crippen LogP contribution in [0.15, 0.2) is 24.4 Å². The van der Waals surface area contributed by atoms with E-state index < -0.39 is 12.7 Å². The molecule has 0 spiro atoms. The van der Waals surface area contributed by atoms with Gasteiger partial charge < -0.3 is 4.90 Å². The van der Waals surface area contributed by atoms with E-state index in [1.807, 2.05) is 13.8 Å². The molecule has 0 radical (unpaired) electrons. The van der Waals surface area contributed by atoms with E-state index in [-0.39, 0.29) is 11.3 Å². The van der Waals surface area contributed by atoms with Crippen molar-refractivity contribution < 1.29 is 13.2 Å². The van der Waals surface area contributed by atoms with Gasteiger partial charge in [0.15, 0.2) is 0 Å². The van der Waals surface area contributed by atoms with Gasteiger partial charge in [0, 0.05) is 17.6 Å². The minimum Gasteiger partial charge on any atom is -0.363 e. The van der Waals surface area contributed by atoms with Crippen LogP contribution >= 0.6 is 11.6 Å². The molecule has 0 N–H and O–H groups in total. The summed E-state index contributed by atoms with van der Waals surface area (Å²) in [7, 11) is 0. The van der Waals surface area contributed by atoms with E-state index in [2.05, 4.69) is 6.58 Å². The molecular weight excluding hydrogens is 251 g/mol. The minimum atomic E-state index is -4.22. The third-order valence-electron chi connectivity index (χ3n) is 1.92. The van der Waals surface area contributed by atoms with Crippen LogP contribution in [0.2, 0.25) is 0 Å². The van der Waals surface area contributed by atoms with Crippen LogP contribution in [0.1, 0.15) is 20.8 Å². The Kier molecular flexibility index (Phi) is 6.68. The first-order valence-electron chi connectivity index (χ1n) is 5.44. The Balaban J connectivity index is 4.62. The lowest BCUT2D eigenvalue weighted by Gasteiger charge is -2.28. The highest BCUT2D eigenvalue weighted by Crippen LogP contribution is 2.20. The molecule has 0 aromatic carbocycles. The van der Waals surface area contributed by atoms with Gasteiger partial charge in [-0.15, -0.1) is 11.6 Å². The normalized spacial score (nSPS) is 14.4. The van der Waals surface area contributed by atoms with E-state index in [0.717, 1.165) is 0 Å². The van der Waals surface area contributed by atoms with Gasteiger partial charge in [0.1, 0.15) is 6.54 Å².